The Bertz CT molecular complexity index is 637. The highest BCUT2D eigenvalue weighted by Crippen LogP contribution is 1.97. The molecule has 0 aromatic carbocycles. The van der Waals surface area contributed by atoms with Crippen LogP contribution < -0.4 is 17.0 Å². The lowest BCUT2D eigenvalue weighted by atomic mass is 10.4. The smallest absolute Gasteiger partial charge is 0.332 e. The quantitative estimate of drug-likeness (QED) is 0.560. The van der Waals surface area contributed by atoms with Crippen LogP contribution in [0.2, 0.25) is 0 Å². The summed E-state index contributed by atoms with van der Waals surface area (Å²) < 4.78 is 2.37. The van der Waals surface area contributed by atoms with Crippen molar-refractivity contribution in [1.29, 1.82) is 0 Å². The number of aryl methyl sites for hydroxylation is 1. The molecule has 2 heterocycles. The number of fused-ring (bicyclic) bond motifs is 1. The first-order chi connectivity index (χ1) is 8.40. The van der Waals surface area contributed by atoms with Crippen molar-refractivity contribution in [3.63, 3.8) is 0 Å². The van der Waals surface area contributed by atoms with E-state index in [9.17, 15) is 9.59 Å². The molecule has 0 aliphatic carbocycles. The first-order valence-corrected chi connectivity index (χ1v) is 5.37. The molecule has 100 valence electrons. The Hall–Kier alpha value is -1.93. The van der Waals surface area contributed by atoms with Crippen molar-refractivity contribution in [2.24, 2.45) is 19.8 Å². The third-order valence-electron chi connectivity index (χ3n) is 2.37. The molecule has 0 radical (unpaired) electrons. The minimum absolute atomic E-state index is 0.338. The fourth-order valence-corrected chi connectivity index (χ4v) is 1.27. The topological polar surface area (TPSA) is 119 Å². The van der Waals surface area contributed by atoms with Crippen LogP contribution in [0.15, 0.2) is 15.9 Å². The zero-order valence-electron chi connectivity index (χ0n) is 10.5. The molecule has 0 amide bonds. The molecule has 0 spiro atoms. The first-order valence-electron chi connectivity index (χ1n) is 5.37. The molecule has 0 aliphatic heterocycles. The van der Waals surface area contributed by atoms with Crippen molar-refractivity contribution in [1.82, 2.24) is 19.1 Å². The molecule has 0 bridgehead atoms. The van der Waals surface area contributed by atoms with Crippen LogP contribution in [0.3, 0.4) is 0 Å². The minimum atomic E-state index is -0.371. The second-order valence-corrected chi connectivity index (χ2v) is 3.89. The third kappa shape index (κ3) is 2.66. The van der Waals surface area contributed by atoms with Gasteiger partial charge in [0.1, 0.15) is 5.52 Å². The summed E-state index contributed by atoms with van der Waals surface area (Å²) in [6.45, 7) is 2.01. The largest absolute Gasteiger partial charge is 0.392 e. The summed E-state index contributed by atoms with van der Waals surface area (Å²) in [6.07, 6.45) is 1.06. The predicted octanol–water partition coefficient (Wildman–Crippen LogP) is -1.71. The van der Waals surface area contributed by atoms with Crippen molar-refractivity contribution in [2.45, 2.75) is 13.0 Å². The zero-order valence-corrected chi connectivity index (χ0v) is 10.5. The van der Waals surface area contributed by atoms with Crippen molar-refractivity contribution in [3.05, 3.63) is 27.2 Å². The number of nitrogens with zero attached hydrogens (tertiary/aromatic N) is 3. The van der Waals surface area contributed by atoms with Crippen LogP contribution in [0, 0.1) is 0 Å². The monoisotopic (exact) mass is 255 g/mol. The number of hydrogen-bond donors (Lipinski definition) is 3. The maximum atomic E-state index is 11.4. The summed E-state index contributed by atoms with van der Waals surface area (Å²) >= 11 is 0. The highest BCUT2D eigenvalue weighted by Gasteiger charge is 2.08. The molecule has 8 nitrogen and oxygen atoms in total. The Balaban J connectivity index is 0.000000280. The summed E-state index contributed by atoms with van der Waals surface area (Å²) in [5.41, 5.74) is 4.93. The Labute approximate surface area is 103 Å². The Kier molecular flexibility index (Phi) is 4.40. The van der Waals surface area contributed by atoms with Gasteiger partial charge in [-0.2, -0.15) is 0 Å². The van der Waals surface area contributed by atoms with Gasteiger partial charge >= 0.3 is 5.69 Å². The maximum absolute atomic E-state index is 11.4. The lowest BCUT2D eigenvalue weighted by Crippen LogP contribution is -2.36. The number of hydrogen-bond acceptors (Lipinski definition) is 5. The van der Waals surface area contributed by atoms with E-state index in [0.29, 0.717) is 17.7 Å². The van der Waals surface area contributed by atoms with Gasteiger partial charge in [-0.3, -0.25) is 13.9 Å². The number of nitrogens with two attached hydrogens (primary N) is 1. The van der Waals surface area contributed by atoms with Gasteiger partial charge < -0.3 is 15.8 Å². The van der Waals surface area contributed by atoms with Crippen molar-refractivity contribution >= 4 is 11.2 Å². The molecule has 0 aliphatic rings. The SMILES string of the molecule is CC(O)CN.Cn1c(=O)c2[nH]cnc2n(C)c1=O. The van der Waals surface area contributed by atoms with Gasteiger partial charge in [0.15, 0.2) is 5.65 Å². The van der Waals surface area contributed by atoms with Crippen LogP contribution in [0.25, 0.3) is 11.2 Å². The van der Waals surface area contributed by atoms with Crippen LogP contribution in [0.5, 0.6) is 0 Å². The summed E-state index contributed by atoms with van der Waals surface area (Å²) in [7, 11) is 3.01. The minimum Gasteiger partial charge on any atom is -0.392 e. The number of imidazole rings is 1. The fraction of sp³-hybridized carbons (Fsp3) is 0.500. The Morgan fingerprint density at radius 1 is 1.44 bits per heavy atom. The molecule has 2 aromatic heterocycles. The number of rotatable bonds is 1. The summed E-state index contributed by atoms with van der Waals surface area (Å²) in [6, 6.07) is 0. The van der Waals surface area contributed by atoms with Crippen molar-refractivity contribution in [2.75, 3.05) is 6.54 Å². The normalized spacial score (nSPS) is 12.1. The van der Waals surface area contributed by atoms with E-state index in [1.165, 1.54) is 17.9 Å². The number of aromatic nitrogens is 4. The van der Waals surface area contributed by atoms with Crippen molar-refractivity contribution in [3.8, 4) is 0 Å². The van der Waals surface area contributed by atoms with Gasteiger partial charge in [0, 0.05) is 20.6 Å². The zero-order chi connectivity index (χ0) is 13.9. The molecule has 2 aromatic rings. The highest BCUT2D eigenvalue weighted by molar-refractivity contribution is 5.68. The molecule has 8 heteroatoms. The number of aliphatic hydroxyl groups excluding tert-OH is 1. The van der Waals surface area contributed by atoms with E-state index in [1.807, 2.05) is 0 Å². The molecular weight excluding hydrogens is 238 g/mol. The van der Waals surface area contributed by atoms with Crippen molar-refractivity contribution < 1.29 is 5.11 Å². The van der Waals surface area contributed by atoms with Crippen LogP contribution in [-0.4, -0.2) is 36.9 Å². The number of aromatic amines is 1. The van der Waals surface area contributed by atoms with E-state index in [4.69, 9.17) is 10.8 Å². The molecular formula is C10H17N5O3. The molecule has 4 N–H and O–H groups in total. The molecule has 0 fully saturated rings. The second-order valence-electron chi connectivity index (χ2n) is 3.89. The molecule has 1 unspecified atom stereocenters. The van der Waals surface area contributed by atoms with Crippen LogP contribution in [0.4, 0.5) is 0 Å². The van der Waals surface area contributed by atoms with Gasteiger partial charge in [0.25, 0.3) is 5.56 Å². The Morgan fingerprint density at radius 2 is 2.00 bits per heavy atom. The predicted molar refractivity (Wildman–Crippen MR) is 67.3 cm³/mol. The summed E-state index contributed by atoms with van der Waals surface area (Å²) in [5.74, 6) is 0. The van der Waals surface area contributed by atoms with E-state index in [-0.39, 0.29) is 17.4 Å². The highest BCUT2D eigenvalue weighted by atomic mass is 16.3. The van der Waals surface area contributed by atoms with Crippen LogP contribution >= 0.6 is 0 Å². The summed E-state index contributed by atoms with van der Waals surface area (Å²) in [4.78, 5) is 29.4. The number of nitrogens with one attached hydrogen (secondary N) is 1. The van der Waals surface area contributed by atoms with E-state index < -0.39 is 0 Å². The van der Waals surface area contributed by atoms with Gasteiger partial charge in [0.05, 0.1) is 12.4 Å². The standard InChI is InChI=1S/C7H8N4O2.C3H9NO/c1-10-5-4(8-3-9-5)6(12)11(2)7(10)13;1-3(5)2-4/h3H,1-2H3,(H,8,9);3,5H,2,4H2,1H3. The molecule has 2 rings (SSSR count). The molecule has 0 saturated carbocycles. The second kappa shape index (κ2) is 5.61. The lowest BCUT2D eigenvalue weighted by Gasteiger charge is -2.00. The number of H-pyrrole nitrogens is 1. The first kappa shape index (κ1) is 14.1. The molecule has 1 atom stereocenters. The van der Waals surface area contributed by atoms with E-state index in [0.717, 1.165) is 4.57 Å². The third-order valence-corrected chi connectivity index (χ3v) is 2.37. The number of aliphatic hydroxyl groups is 1. The molecule has 0 saturated heterocycles. The van der Waals surface area contributed by atoms with Crippen LogP contribution in [-0.2, 0) is 14.1 Å². The van der Waals surface area contributed by atoms with Gasteiger partial charge in [-0.05, 0) is 6.92 Å². The summed E-state index contributed by atoms with van der Waals surface area (Å²) in [5, 5.41) is 8.24. The Morgan fingerprint density at radius 3 is 2.50 bits per heavy atom. The fourth-order valence-electron chi connectivity index (χ4n) is 1.27. The van der Waals surface area contributed by atoms with Crippen LogP contribution in [0.1, 0.15) is 6.92 Å². The maximum Gasteiger partial charge on any atom is 0.332 e. The average Bonchev–Trinajstić information content (AvgIpc) is 2.83. The van der Waals surface area contributed by atoms with Gasteiger partial charge in [-0.15, -0.1) is 0 Å². The lowest BCUT2D eigenvalue weighted by molar-refractivity contribution is 0.203. The molecule has 18 heavy (non-hydrogen) atoms. The van der Waals surface area contributed by atoms with Gasteiger partial charge in [-0.1, -0.05) is 0 Å². The van der Waals surface area contributed by atoms with E-state index in [1.54, 1.807) is 14.0 Å². The average molecular weight is 255 g/mol. The van der Waals surface area contributed by atoms with E-state index >= 15 is 0 Å². The van der Waals surface area contributed by atoms with Gasteiger partial charge in [-0.25, -0.2) is 9.78 Å². The van der Waals surface area contributed by atoms with E-state index in [2.05, 4.69) is 9.97 Å². The van der Waals surface area contributed by atoms with Gasteiger partial charge in [0.2, 0.25) is 0 Å².